The molecule has 17 heavy (non-hydrogen) atoms. The third kappa shape index (κ3) is 4.43. The van der Waals surface area contributed by atoms with Crippen molar-refractivity contribution in [3.05, 3.63) is 39.7 Å². The molecule has 0 aliphatic heterocycles. The van der Waals surface area contributed by atoms with Crippen molar-refractivity contribution in [1.29, 1.82) is 0 Å². The largest absolute Gasteiger partial charge is 0.369 e. The fourth-order valence-electron chi connectivity index (χ4n) is 0.912. The maximum Gasteiger partial charge on any atom is 0.305 e. The lowest BCUT2D eigenvalue weighted by atomic mass is 10.2. The van der Waals surface area contributed by atoms with Crippen LogP contribution >= 0.6 is 12.4 Å². The van der Waals surface area contributed by atoms with Gasteiger partial charge in [-0.25, -0.2) is 0 Å². The Bertz CT molecular complexity index is 473. The standard InChI is InChI=1S/C8H8FN5O2.ClH/c9-6-2-1-5(3-7(6)14(15)16)4-12-13-8(10)11;/h1-4H,(H4,10,11,13);1H. The minimum Gasteiger partial charge on any atom is -0.369 e. The van der Waals surface area contributed by atoms with Gasteiger partial charge in [0, 0.05) is 11.6 Å². The van der Waals surface area contributed by atoms with E-state index in [0.717, 1.165) is 12.1 Å². The van der Waals surface area contributed by atoms with E-state index in [0.29, 0.717) is 5.56 Å². The number of benzene rings is 1. The molecule has 0 unspecified atom stereocenters. The Morgan fingerprint density at radius 2 is 2.12 bits per heavy atom. The second-order valence-corrected chi connectivity index (χ2v) is 2.74. The first kappa shape index (κ1) is 14.8. The van der Waals surface area contributed by atoms with Crippen LogP contribution in [-0.2, 0) is 0 Å². The number of guanidine groups is 1. The van der Waals surface area contributed by atoms with Gasteiger partial charge in [-0.15, -0.1) is 17.5 Å². The number of hydrogen-bond donors (Lipinski definition) is 2. The fourth-order valence-corrected chi connectivity index (χ4v) is 0.912. The van der Waals surface area contributed by atoms with Crippen molar-refractivity contribution in [1.82, 2.24) is 0 Å². The molecule has 9 heteroatoms. The van der Waals surface area contributed by atoms with Gasteiger partial charge in [0.15, 0.2) is 0 Å². The van der Waals surface area contributed by atoms with Crippen LogP contribution in [0, 0.1) is 15.9 Å². The monoisotopic (exact) mass is 261 g/mol. The van der Waals surface area contributed by atoms with Gasteiger partial charge in [0.1, 0.15) is 0 Å². The highest BCUT2D eigenvalue weighted by molar-refractivity contribution is 5.85. The predicted octanol–water partition coefficient (Wildman–Crippen LogP) is 0.763. The predicted molar refractivity (Wildman–Crippen MR) is 63.7 cm³/mol. The van der Waals surface area contributed by atoms with E-state index in [1.54, 1.807) is 0 Å². The maximum absolute atomic E-state index is 12.9. The number of rotatable bonds is 3. The van der Waals surface area contributed by atoms with Crippen molar-refractivity contribution in [2.24, 2.45) is 21.7 Å². The molecule has 0 bridgehead atoms. The first-order chi connectivity index (χ1) is 7.50. The van der Waals surface area contributed by atoms with E-state index in [1.807, 2.05) is 0 Å². The van der Waals surface area contributed by atoms with E-state index in [9.17, 15) is 14.5 Å². The summed E-state index contributed by atoms with van der Waals surface area (Å²) >= 11 is 0. The summed E-state index contributed by atoms with van der Waals surface area (Å²) < 4.78 is 12.9. The highest BCUT2D eigenvalue weighted by atomic mass is 35.5. The van der Waals surface area contributed by atoms with Crippen molar-refractivity contribution < 1.29 is 9.31 Å². The van der Waals surface area contributed by atoms with Gasteiger partial charge in [-0.3, -0.25) is 10.1 Å². The zero-order chi connectivity index (χ0) is 12.1. The summed E-state index contributed by atoms with van der Waals surface area (Å²) in [6.07, 6.45) is 1.17. The molecule has 0 saturated heterocycles. The number of hydrogen-bond acceptors (Lipinski definition) is 4. The van der Waals surface area contributed by atoms with Crippen LogP contribution in [0.1, 0.15) is 5.56 Å². The van der Waals surface area contributed by atoms with Crippen molar-refractivity contribution in [3.63, 3.8) is 0 Å². The number of nitrogens with zero attached hydrogens (tertiary/aromatic N) is 3. The molecule has 0 fully saturated rings. The summed E-state index contributed by atoms with van der Waals surface area (Å²) in [5.74, 6) is -1.16. The van der Waals surface area contributed by atoms with E-state index < -0.39 is 16.4 Å². The van der Waals surface area contributed by atoms with E-state index >= 15 is 0 Å². The molecule has 1 rings (SSSR count). The van der Waals surface area contributed by atoms with Crippen molar-refractivity contribution in [2.45, 2.75) is 0 Å². The quantitative estimate of drug-likeness (QED) is 0.361. The Morgan fingerprint density at radius 3 is 2.65 bits per heavy atom. The molecular weight excluding hydrogens is 253 g/mol. The molecule has 0 radical (unpaired) electrons. The van der Waals surface area contributed by atoms with Crippen molar-refractivity contribution in [2.75, 3.05) is 0 Å². The molecule has 0 heterocycles. The topological polar surface area (TPSA) is 120 Å². The van der Waals surface area contributed by atoms with Gasteiger partial charge >= 0.3 is 5.69 Å². The van der Waals surface area contributed by atoms with E-state index in [1.165, 1.54) is 12.3 Å². The second-order valence-electron chi connectivity index (χ2n) is 2.74. The van der Waals surface area contributed by atoms with Crippen LogP contribution in [0.25, 0.3) is 0 Å². The fraction of sp³-hybridized carbons (Fsp3) is 0. The molecule has 0 aromatic heterocycles. The third-order valence-corrected chi connectivity index (χ3v) is 1.55. The minimum atomic E-state index is -0.913. The van der Waals surface area contributed by atoms with E-state index in [4.69, 9.17) is 11.5 Å². The highest BCUT2D eigenvalue weighted by Gasteiger charge is 2.13. The molecule has 7 nitrogen and oxygen atoms in total. The minimum absolute atomic E-state index is 0. The van der Waals surface area contributed by atoms with E-state index in [-0.39, 0.29) is 18.4 Å². The second kappa shape index (κ2) is 6.38. The Labute approximate surface area is 102 Å². The van der Waals surface area contributed by atoms with Crippen molar-refractivity contribution in [3.8, 4) is 0 Å². The summed E-state index contributed by atoms with van der Waals surface area (Å²) in [5.41, 5.74) is 9.70. The van der Waals surface area contributed by atoms with Crippen LogP contribution in [0.15, 0.2) is 28.4 Å². The van der Waals surface area contributed by atoms with E-state index in [2.05, 4.69) is 10.2 Å². The lowest BCUT2D eigenvalue weighted by Crippen LogP contribution is -2.21. The Hall–Kier alpha value is -2.22. The van der Waals surface area contributed by atoms with Crippen molar-refractivity contribution >= 4 is 30.3 Å². The van der Waals surface area contributed by atoms with Gasteiger partial charge in [-0.05, 0) is 12.1 Å². The number of nitrogens with two attached hydrogens (primary N) is 2. The van der Waals surface area contributed by atoms with Gasteiger partial charge < -0.3 is 11.5 Å². The molecule has 0 aliphatic carbocycles. The number of nitro groups is 1. The van der Waals surface area contributed by atoms with Crippen LogP contribution in [0.2, 0.25) is 0 Å². The highest BCUT2D eigenvalue weighted by Crippen LogP contribution is 2.17. The smallest absolute Gasteiger partial charge is 0.305 e. The van der Waals surface area contributed by atoms with Crippen LogP contribution in [0.5, 0.6) is 0 Å². The first-order valence-corrected chi connectivity index (χ1v) is 4.06. The summed E-state index contributed by atoms with van der Waals surface area (Å²) in [6, 6.07) is 3.31. The molecule has 4 N–H and O–H groups in total. The summed E-state index contributed by atoms with van der Waals surface area (Å²) in [5, 5.41) is 17.1. The molecule has 0 amide bonds. The van der Waals surface area contributed by atoms with Gasteiger partial charge in [0.25, 0.3) is 0 Å². The summed E-state index contributed by atoms with van der Waals surface area (Å²) in [4.78, 5) is 9.58. The van der Waals surface area contributed by atoms with Crippen LogP contribution in [-0.4, -0.2) is 17.1 Å². The van der Waals surface area contributed by atoms with Crippen LogP contribution in [0.4, 0.5) is 10.1 Å². The average molecular weight is 262 g/mol. The molecule has 92 valence electrons. The third-order valence-electron chi connectivity index (χ3n) is 1.55. The van der Waals surface area contributed by atoms with Crippen LogP contribution in [0.3, 0.4) is 0 Å². The average Bonchev–Trinajstić information content (AvgIpc) is 2.19. The number of halogens is 2. The first-order valence-electron chi connectivity index (χ1n) is 4.06. The molecule has 1 aromatic rings. The van der Waals surface area contributed by atoms with Gasteiger partial charge in [0.2, 0.25) is 11.8 Å². The van der Waals surface area contributed by atoms with Gasteiger partial charge in [-0.2, -0.15) is 9.49 Å². The molecule has 1 aromatic carbocycles. The lowest BCUT2D eigenvalue weighted by Gasteiger charge is -1.95. The molecular formula is C8H9ClFN5O2. The maximum atomic E-state index is 12.9. The van der Waals surface area contributed by atoms with Gasteiger partial charge in [-0.1, -0.05) is 0 Å². The zero-order valence-electron chi connectivity index (χ0n) is 8.41. The Kier molecular flexibility index (Phi) is 5.55. The molecule has 0 atom stereocenters. The van der Waals surface area contributed by atoms with Crippen LogP contribution < -0.4 is 11.5 Å². The Balaban J connectivity index is 0.00000256. The Morgan fingerprint density at radius 1 is 1.47 bits per heavy atom. The van der Waals surface area contributed by atoms with Gasteiger partial charge in [0.05, 0.1) is 11.1 Å². The molecule has 0 saturated carbocycles. The lowest BCUT2D eigenvalue weighted by molar-refractivity contribution is -0.387. The zero-order valence-corrected chi connectivity index (χ0v) is 9.22. The summed E-state index contributed by atoms with van der Waals surface area (Å²) in [7, 11) is 0. The SMILES string of the molecule is Cl.NC(N)=NN=Cc1ccc(F)c([N+](=O)[O-])c1. The summed E-state index contributed by atoms with van der Waals surface area (Å²) in [6.45, 7) is 0. The molecule has 0 aliphatic rings. The normalized spacial score (nSPS) is 9.71. The number of nitro benzene ring substituents is 1. The molecule has 0 spiro atoms.